The van der Waals surface area contributed by atoms with E-state index in [1.165, 1.54) is 18.2 Å². The Labute approximate surface area is 259 Å². The number of rotatable bonds is 7. The molecule has 2 aromatic carbocycles. The number of halogens is 6. The molecule has 0 unspecified atom stereocenters. The number of carbonyl (C=O) groups excluding carboxylic acids is 1. The first-order chi connectivity index (χ1) is 21.8. The molecule has 0 atom stereocenters. The maximum Gasteiger partial charge on any atom is 0.423 e. The average molecular weight is 653 g/mol. The molecule has 2 N–H and O–H groups in total. The summed E-state index contributed by atoms with van der Waals surface area (Å²) in [6, 6.07) is 10.2. The van der Waals surface area contributed by atoms with E-state index in [4.69, 9.17) is 4.74 Å². The van der Waals surface area contributed by atoms with Gasteiger partial charge in [-0.05, 0) is 68.1 Å². The highest BCUT2D eigenvalue weighted by Crippen LogP contribution is 2.38. The van der Waals surface area contributed by atoms with Gasteiger partial charge in [0, 0.05) is 67.6 Å². The topological polar surface area (TPSA) is 113 Å². The number of hydrogen-bond acceptors (Lipinski definition) is 7. The van der Waals surface area contributed by atoms with Gasteiger partial charge in [0.15, 0.2) is 0 Å². The third-order valence-corrected chi connectivity index (χ3v) is 7.95. The summed E-state index contributed by atoms with van der Waals surface area (Å²) in [6.07, 6.45) is -5.39. The normalized spacial score (nSPS) is 19.0. The minimum absolute atomic E-state index is 0.130. The van der Waals surface area contributed by atoms with E-state index in [0.29, 0.717) is 57.7 Å². The molecule has 2 amide bonds. The molecule has 46 heavy (non-hydrogen) atoms. The van der Waals surface area contributed by atoms with Crippen molar-refractivity contribution in [2.45, 2.75) is 50.2 Å². The van der Waals surface area contributed by atoms with E-state index in [-0.39, 0.29) is 23.5 Å². The monoisotopic (exact) mass is 652 g/mol. The fraction of sp³-hybridized carbons (Fsp3) is 0.400. The zero-order valence-corrected chi connectivity index (χ0v) is 24.3. The minimum Gasteiger partial charge on any atom is -0.474 e. The van der Waals surface area contributed by atoms with Gasteiger partial charge in [-0.1, -0.05) is 0 Å². The van der Waals surface area contributed by atoms with Crippen LogP contribution in [0.15, 0.2) is 60.8 Å². The Morgan fingerprint density at radius 2 is 1.52 bits per heavy atom. The molecule has 2 fully saturated rings. The van der Waals surface area contributed by atoms with Crippen LogP contribution in [0.4, 0.5) is 53.9 Å². The molecule has 0 radical (unpaired) electrons. The predicted octanol–water partition coefficient (Wildman–Crippen LogP) is 7.18. The summed E-state index contributed by atoms with van der Waals surface area (Å²) in [5.41, 5.74) is -1.81. The van der Waals surface area contributed by atoms with Gasteiger partial charge in [-0.2, -0.15) is 26.3 Å². The van der Waals surface area contributed by atoms with Crippen molar-refractivity contribution in [3.8, 4) is 5.88 Å². The van der Waals surface area contributed by atoms with Crippen LogP contribution in [-0.2, 0) is 12.4 Å². The number of alkyl halides is 6. The smallest absolute Gasteiger partial charge is 0.423 e. The van der Waals surface area contributed by atoms with Crippen molar-refractivity contribution in [3.63, 3.8) is 0 Å². The number of carbonyl (C=O) groups is 1. The second kappa shape index (κ2) is 13.3. The second-order valence-corrected chi connectivity index (χ2v) is 11.1. The summed E-state index contributed by atoms with van der Waals surface area (Å²) in [5, 5.41) is 16.7. The number of nitrogens with zero attached hydrogens (tertiary/aromatic N) is 4. The molecule has 1 saturated carbocycles. The van der Waals surface area contributed by atoms with Gasteiger partial charge in [-0.15, -0.1) is 0 Å². The standard InChI is InChI=1S/C30H30F6N6O4/c31-29(32,33)19-1-3-21(4-2-19)39-28(43)41-15-13-40(14-16-41)23-11-12-37-27(18-23)46-24-8-5-20(6-9-24)38-22-7-10-26(42(44)45)25(17-22)30(34,35)36/h1-4,7,10-12,17-18,20,24,38H,5-6,8-9,13-16H2,(H,39,43). The molecular weight excluding hydrogens is 622 g/mol. The number of nitro benzene ring substituents is 1. The Hall–Kier alpha value is -4.76. The third-order valence-electron chi connectivity index (χ3n) is 7.95. The number of anilines is 3. The summed E-state index contributed by atoms with van der Waals surface area (Å²) in [4.78, 5) is 30.6. The highest BCUT2D eigenvalue weighted by atomic mass is 19.4. The van der Waals surface area contributed by atoms with Crippen LogP contribution in [0.25, 0.3) is 0 Å². The zero-order chi connectivity index (χ0) is 33.1. The Morgan fingerprint density at radius 3 is 2.13 bits per heavy atom. The van der Waals surface area contributed by atoms with Crippen molar-refractivity contribution in [1.29, 1.82) is 0 Å². The zero-order valence-electron chi connectivity index (χ0n) is 24.3. The first kappa shape index (κ1) is 32.6. The van der Waals surface area contributed by atoms with Crippen molar-refractivity contribution in [2.24, 2.45) is 0 Å². The number of urea groups is 1. The number of ether oxygens (including phenoxy) is 1. The van der Waals surface area contributed by atoms with Crippen LogP contribution in [0, 0.1) is 10.1 Å². The molecule has 1 saturated heterocycles. The number of nitrogens with one attached hydrogen (secondary N) is 2. The van der Waals surface area contributed by atoms with Gasteiger partial charge in [-0.25, -0.2) is 9.78 Å². The maximum absolute atomic E-state index is 13.3. The summed E-state index contributed by atoms with van der Waals surface area (Å²) >= 11 is 0. The molecule has 2 heterocycles. The molecule has 5 rings (SSSR count). The molecule has 246 valence electrons. The van der Waals surface area contributed by atoms with Gasteiger partial charge in [0.2, 0.25) is 5.88 Å². The quantitative estimate of drug-likeness (QED) is 0.158. The highest BCUT2D eigenvalue weighted by Gasteiger charge is 2.38. The lowest BCUT2D eigenvalue weighted by Crippen LogP contribution is -2.50. The SMILES string of the molecule is O=C(Nc1ccc(C(F)(F)F)cc1)N1CCN(c2ccnc(OC3CCC(Nc4ccc([N+](=O)[O-])c(C(F)(F)F)c4)CC3)c2)CC1. The van der Waals surface area contributed by atoms with Gasteiger partial charge >= 0.3 is 18.4 Å². The van der Waals surface area contributed by atoms with Gasteiger partial charge in [0.25, 0.3) is 5.69 Å². The Balaban J connectivity index is 1.09. The molecule has 16 heteroatoms. The van der Waals surface area contributed by atoms with Crippen molar-refractivity contribution in [3.05, 3.63) is 82.0 Å². The van der Waals surface area contributed by atoms with E-state index < -0.39 is 40.1 Å². The average Bonchev–Trinajstić information content (AvgIpc) is 3.01. The maximum atomic E-state index is 13.3. The number of amides is 2. The van der Waals surface area contributed by atoms with Crippen LogP contribution in [-0.4, -0.2) is 59.2 Å². The van der Waals surface area contributed by atoms with Crippen molar-refractivity contribution < 1.29 is 40.8 Å². The van der Waals surface area contributed by atoms with Gasteiger partial charge < -0.3 is 25.2 Å². The van der Waals surface area contributed by atoms with E-state index in [9.17, 15) is 41.3 Å². The van der Waals surface area contributed by atoms with Crippen LogP contribution in [0.5, 0.6) is 5.88 Å². The molecule has 10 nitrogen and oxygen atoms in total. The third kappa shape index (κ3) is 8.09. The number of pyridine rings is 1. The van der Waals surface area contributed by atoms with Crippen LogP contribution >= 0.6 is 0 Å². The number of nitro groups is 1. The molecule has 2 aliphatic rings. The van der Waals surface area contributed by atoms with Crippen LogP contribution in [0.3, 0.4) is 0 Å². The summed E-state index contributed by atoms with van der Waals surface area (Å²) in [5.74, 6) is 0.418. The molecular formula is C30H30F6N6O4. The number of piperazine rings is 1. The van der Waals surface area contributed by atoms with Crippen molar-refractivity contribution in [2.75, 3.05) is 41.7 Å². The van der Waals surface area contributed by atoms with E-state index in [0.717, 1.165) is 30.0 Å². The molecule has 1 aliphatic heterocycles. The van der Waals surface area contributed by atoms with Crippen molar-refractivity contribution >= 4 is 28.8 Å². The second-order valence-electron chi connectivity index (χ2n) is 11.1. The number of benzene rings is 2. The van der Waals surface area contributed by atoms with E-state index >= 15 is 0 Å². The molecule has 3 aromatic rings. The Bertz CT molecular complexity index is 1540. The minimum atomic E-state index is -4.85. The first-order valence-corrected chi connectivity index (χ1v) is 14.5. The summed E-state index contributed by atoms with van der Waals surface area (Å²) in [6.45, 7) is 1.81. The Kier molecular flexibility index (Phi) is 9.44. The lowest BCUT2D eigenvalue weighted by atomic mass is 9.92. The lowest BCUT2D eigenvalue weighted by molar-refractivity contribution is -0.388. The summed E-state index contributed by atoms with van der Waals surface area (Å²) in [7, 11) is 0. The molecule has 0 bridgehead atoms. The number of aromatic nitrogens is 1. The van der Waals surface area contributed by atoms with Crippen LogP contribution < -0.4 is 20.3 Å². The van der Waals surface area contributed by atoms with Gasteiger partial charge in [0.1, 0.15) is 11.7 Å². The highest BCUT2D eigenvalue weighted by molar-refractivity contribution is 5.89. The van der Waals surface area contributed by atoms with E-state index in [2.05, 4.69) is 20.5 Å². The largest absolute Gasteiger partial charge is 0.474 e. The molecule has 1 aromatic heterocycles. The fourth-order valence-electron chi connectivity index (χ4n) is 5.52. The number of hydrogen-bond donors (Lipinski definition) is 2. The first-order valence-electron chi connectivity index (χ1n) is 14.5. The van der Waals surface area contributed by atoms with E-state index in [1.807, 2.05) is 6.07 Å². The van der Waals surface area contributed by atoms with Gasteiger partial charge in [0.05, 0.1) is 10.5 Å². The van der Waals surface area contributed by atoms with Gasteiger partial charge in [-0.3, -0.25) is 10.1 Å². The van der Waals surface area contributed by atoms with E-state index in [1.54, 1.807) is 17.2 Å². The lowest BCUT2D eigenvalue weighted by Gasteiger charge is -2.36. The Morgan fingerprint density at radius 1 is 0.870 bits per heavy atom. The molecule has 0 spiro atoms. The van der Waals surface area contributed by atoms with Crippen LogP contribution in [0.1, 0.15) is 36.8 Å². The summed E-state index contributed by atoms with van der Waals surface area (Å²) < 4.78 is 84.5. The van der Waals surface area contributed by atoms with Crippen LogP contribution in [0.2, 0.25) is 0 Å². The predicted molar refractivity (Wildman–Crippen MR) is 157 cm³/mol. The fourth-order valence-corrected chi connectivity index (χ4v) is 5.52. The molecule has 1 aliphatic carbocycles. The van der Waals surface area contributed by atoms with Crippen molar-refractivity contribution in [1.82, 2.24) is 9.88 Å².